The molecule has 0 amide bonds. The van der Waals surface area contributed by atoms with Crippen LogP contribution in [0.2, 0.25) is 0 Å². The molecule has 0 bridgehead atoms. The van der Waals surface area contributed by atoms with Crippen molar-refractivity contribution in [3.05, 3.63) is 70.7 Å². The van der Waals surface area contributed by atoms with Gasteiger partial charge in [-0.1, -0.05) is 17.7 Å². The molecule has 0 N–H and O–H groups in total. The second kappa shape index (κ2) is 9.15. The normalized spacial score (nSPS) is 13.8. The van der Waals surface area contributed by atoms with E-state index in [9.17, 15) is 0 Å². The summed E-state index contributed by atoms with van der Waals surface area (Å²) in [5.74, 6) is 3.45. The van der Waals surface area contributed by atoms with Crippen LogP contribution in [0.4, 0.5) is 0 Å². The van der Waals surface area contributed by atoms with Crippen LogP contribution in [0.5, 0.6) is 11.5 Å². The second-order valence-electron chi connectivity index (χ2n) is 6.00. The molecule has 0 unspecified atom stereocenters. The molecule has 0 atom stereocenters. The third-order valence-corrected chi connectivity index (χ3v) is 5.47. The minimum absolute atomic E-state index is 0.651. The number of hydrogen-bond donors (Lipinski definition) is 0. The molecule has 0 spiro atoms. The zero-order valence-corrected chi connectivity index (χ0v) is 16.6. The lowest BCUT2D eigenvalue weighted by atomic mass is 10.2. The number of rotatable bonds is 7. The fraction of sp³-hybridized carbons (Fsp3) is 0.286. The largest absolute Gasteiger partial charge is 0.496 e. The zero-order chi connectivity index (χ0) is 18.4. The van der Waals surface area contributed by atoms with E-state index in [2.05, 4.69) is 23.2 Å². The van der Waals surface area contributed by atoms with E-state index >= 15 is 0 Å². The smallest absolute Gasteiger partial charge is 0.133 e. The van der Waals surface area contributed by atoms with Crippen molar-refractivity contribution < 1.29 is 9.47 Å². The van der Waals surface area contributed by atoms with E-state index in [-0.39, 0.29) is 0 Å². The van der Waals surface area contributed by atoms with Crippen LogP contribution in [0.3, 0.4) is 0 Å². The first-order valence-corrected chi connectivity index (χ1v) is 10.0. The molecule has 5 heteroatoms. The third kappa shape index (κ3) is 5.05. The van der Waals surface area contributed by atoms with Gasteiger partial charge in [-0.05, 0) is 56.7 Å². The summed E-state index contributed by atoms with van der Waals surface area (Å²) in [6.45, 7) is 4.65. The van der Waals surface area contributed by atoms with Gasteiger partial charge in [0, 0.05) is 34.5 Å². The molecule has 1 aliphatic carbocycles. The van der Waals surface area contributed by atoms with E-state index in [1.54, 1.807) is 18.0 Å². The van der Waals surface area contributed by atoms with Crippen LogP contribution in [0, 0.1) is 13.8 Å². The molecule has 0 saturated heterocycles. The van der Waals surface area contributed by atoms with Crippen LogP contribution in [0.25, 0.3) is 0 Å². The van der Waals surface area contributed by atoms with Gasteiger partial charge in [-0.15, -0.1) is 11.8 Å². The summed E-state index contributed by atoms with van der Waals surface area (Å²) < 4.78 is 11.7. The number of ether oxygens (including phenoxy) is 2. The number of aryl methyl sites for hydroxylation is 1. The molecule has 3 rings (SSSR count). The topological polar surface area (TPSA) is 31.4 Å². The molecular weight excluding hydrogens is 366 g/mol. The maximum absolute atomic E-state index is 6.13. The van der Waals surface area contributed by atoms with Crippen molar-refractivity contribution in [1.29, 1.82) is 0 Å². The van der Waals surface area contributed by atoms with E-state index in [1.807, 2.05) is 38.1 Å². The van der Waals surface area contributed by atoms with Crippen LogP contribution >= 0.6 is 23.4 Å². The number of benzene rings is 1. The van der Waals surface area contributed by atoms with Gasteiger partial charge in [-0.25, -0.2) is 0 Å². The van der Waals surface area contributed by atoms with Crippen molar-refractivity contribution in [3.63, 3.8) is 0 Å². The summed E-state index contributed by atoms with van der Waals surface area (Å²) in [7, 11) is 0. The lowest BCUT2D eigenvalue weighted by Gasteiger charge is -2.13. The first-order chi connectivity index (χ1) is 12.6. The molecule has 0 fully saturated rings. The Morgan fingerprint density at radius 3 is 2.73 bits per heavy atom. The fourth-order valence-corrected chi connectivity index (χ4v) is 3.51. The summed E-state index contributed by atoms with van der Waals surface area (Å²) in [6.07, 6.45) is 7.64. The van der Waals surface area contributed by atoms with Gasteiger partial charge in [0.2, 0.25) is 0 Å². The number of nitrogens with zero attached hydrogens (tertiary/aromatic N) is 1. The number of pyridine rings is 1. The summed E-state index contributed by atoms with van der Waals surface area (Å²) in [5.41, 5.74) is 2.05. The van der Waals surface area contributed by atoms with Gasteiger partial charge in [-0.2, -0.15) is 0 Å². The number of hydrogen-bond acceptors (Lipinski definition) is 4. The first-order valence-electron chi connectivity index (χ1n) is 8.64. The molecule has 136 valence electrons. The van der Waals surface area contributed by atoms with Crippen LogP contribution in [-0.2, 0) is 4.74 Å². The van der Waals surface area contributed by atoms with Crippen molar-refractivity contribution in [2.45, 2.75) is 31.6 Å². The highest BCUT2D eigenvalue weighted by Crippen LogP contribution is 2.28. The van der Waals surface area contributed by atoms with Crippen LogP contribution in [0.15, 0.2) is 64.4 Å². The Bertz CT molecular complexity index is 815. The zero-order valence-electron chi connectivity index (χ0n) is 15.0. The molecule has 0 aliphatic heterocycles. The minimum atomic E-state index is 0.651. The Labute approximate surface area is 164 Å². The van der Waals surface area contributed by atoms with Crippen LogP contribution in [-0.4, -0.2) is 17.3 Å². The molecule has 1 aliphatic rings. The fourth-order valence-electron chi connectivity index (χ4n) is 2.54. The second-order valence-corrected chi connectivity index (χ2v) is 7.58. The quantitative estimate of drug-likeness (QED) is 0.406. The molecular formula is C21H22ClNO2S. The standard InChI is InChI=1S/C21H22ClNO2S/c1-15-16(2)23-12-11-20(15)25-17-7-9-18(10-8-17)26-14-13-24-21-6-4-3-5-19(21)22/h3,5,7-12H,4,6,13-14H2,1-2H3. The van der Waals surface area contributed by atoms with E-state index < -0.39 is 0 Å². The maximum atomic E-state index is 6.13. The number of halogens is 1. The molecule has 0 radical (unpaired) electrons. The number of aromatic nitrogens is 1. The third-order valence-electron chi connectivity index (χ3n) is 4.15. The highest BCUT2D eigenvalue weighted by molar-refractivity contribution is 7.99. The monoisotopic (exact) mass is 387 g/mol. The molecule has 3 nitrogen and oxygen atoms in total. The molecule has 1 aromatic heterocycles. The lowest BCUT2D eigenvalue weighted by molar-refractivity contribution is 0.220. The minimum Gasteiger partial charge on any atom is -0.496 e. The van der Waals surface area contributed by atoms with Crippen molar-refractivity contribution in [3.8, 4) is 11.5 Å². The summed E-state index contributed by atoms with van der Waals surface area (Å²) in [6, 6.07) is 10.0. The highest BCUT2D eigenvalue weighted by atomic mass is 35.5. The molecule has 1 aromatic carbocycles. The highest BCUT2D eigenvalue weighted by Gasteiger charge is 2.08. The average Bonchev–Trinajstić information content (AvgIpc) is 2.65. The predicted octanol–water partition coefficient (Wildman–Crippen LogP) is 6.40. The summed E-state index contributed by atoms with van der Waals surface area (Å²) in [4.78, 5) is 5.45. The van der Waals surface area contributed by atoms with Crippen molar-refractivity contribution in [1.82, 2.24) is 4.98 Å². The van der Waals surface area contributed by atoms with Crippen LogP contribution in [0.1, 0.15) is 24.1 Å². The Kier molecular flexibility index (Phi) is 6.64. The van der Waals surface area contributed by atoms with Crippen molar-refractivity contribution in [2.24, 2.45) is 0 Å². The first kappa shape index (κ1) is 18.9. The Balaban J connectivity index is 1.49. The van der Waals surface area contributed by atoms with E-state index in [4.69, 9.17) is 21.1 Å². The van der Waals surface area contributed by atoms with Gasteiger partial charge in [-0.3, -0.25) is 4.98 Å². The maximum Gasteiger partial charge on any atom is 0.133 e. The van der Waals surface area contributed by atoms with Crippen LogP contribution < -0.4 is 4.74 Å². The summed E-state index contributed by atoms with van der Waals surface area (Å²) >= 11 is 7.88. The van der Waals surface area contributed by atoms with Gasteiger partial charge < -0.3 is 9.47 Å². The van der Waals surface area contributed by atoms with Crippen molar-refractivity contribution in [2.75, 3.05) is 12.4 Å². The summed E-state index contributed by atoms with van der Waals surface area (Å²) in [5, 5.41) is 0.726. The molecule has 0 saturated carbocycles. The van der Waals surface area contributed by atoms with Gasteiger partial charge in [0.25, 0.3) is 0 Å². The molecule has 26 heavy (non-hydrogen) atoms. The Morgan fingerprint density at radius 1 is 1.15 bits per heavy atom. The molecule has 1 heterocycles. The number of thioether (sulfide) groups is 1. The van der Waals surface area contributed by atoms with Gasteiger partial charge in [0.15, 0.2) is 0 Å². The van der Waals surface area contributed by atoms with E-state index in [1.165, 1.54) is 4.90 Å². The van der Waals surface area contributed by atoms with Gasteiger partial charge in [0.1, 0.15) is 17.3 Å². The predicted molar refractivity (Wildman–Crippen MR) is 108 cm³/mol. The molecule has 2 aromatic rings. The number of allylic oxidation sites excluding steroid dienone is 4. The average molecular weight is 388 g/mol. The van der Waals surface area contributed by atoms with Gasteiger partial charge in [0.05, 0.1) is 11.6 Å². The van der Waals surface area contributed by atoms with E-state index in [0.717, 1.165) is 52.1 Å². The Morgan fingerprint density at radius 2 is 1.96 bits per heavy atom. The SMILES string of the molecule is Cc1nccc(Oc2ccc(SCCOC3=C(Cl)C=CCC3)cc2)c1C. The van der Waals surface area contributed by atoms with Crippen molar-refractivity contribution >= 4 is 23.4 Å². The lowest BCUT2D eigenvalue weighted by Crippen LogP contribution is -2.01. The van der Waals surface area contributed by atoms with Gasteiger partial charge >= 0.3 is 0 Å². The van der Waals surface area contributed by atoms with E-state index in [0.29, 0.717) is 6.61 Å². The Hall–Kier alpha value is -1.91.